The van der Waals surface area contributed by atoms with Gasteiger partial charge in [-0.25, -0.2) is 0 Å². The fourth-order valence-corrected chi connectivity index (χ4v) is 4.78. The smallest absolute Gasteiger partial charge is 0.295 e. The zero-order chi connectivity index (χ0) is 26.6. The number of aliphatic hydroxyl groups is 1. The van der Waals surface area contributed by atoms with Crippen molar-refractivity contribution < 1.29 is 24.2 Å². The van der Waals surface area contributed by atoms with Gasteiger partial charge in [0.25, 0.3) is 11.7 Å². The minimum Gasteiger partial charge on any atom is -0.507 e. The number of likely N-dealkylation sites (tertiary alicyclic amines) is 1. The van der Waals surface area contributed by atoms with Crippen molar-refractivity contribution in [2.45, 2.75) is 45.6 Å². The van der Waals surface area contributed by atoms with Crippen LogP contribution in [0.15, 0.2) is 54.1 Å². The van der Waals surface area contributed by atoms with E-state index in [1.54, 1.807) is 29.2 Å². The minimum atomic E-state index is -0.661. The van der Waals surface area contributed by atoms with Crippen molar-refractivity contribution in [2.75, 3.05) is 46.0 Å². The highest BCUT2D eigenvalue weighted by Crippen LogP contribution is 2.40. The molecule has 1 N–H and O–H groups in total. The molecule has 0 spiro atoms. The van der Waals surface area contributed by atoms with E-state index in [1.807, 2.05) is 31.2 Å². The van der Waals surface area contributed by atoms with Gasteiger partial charge < -0.3 is 19.5 Å². The Balaban J connectivity index is 1.70. The zero-order valence-corrected chi connectivity index (χ0v) is 22.3. The molecule has 0 aromatic heterocycles. The average molecular weight is 507 g/mol. The van der Waals surface area contributed by atoms with E-state index in [9.17, 15) is 14.7 Å². The van der Waals surface area contributed by atoms with E-state index in [0.717, 1.165) is 30.6 Å². The van der Waals surface area contributed by atoms with Crippen molar-refractivity contribution in [3.8, 4) is 5.75 Å². The van der Waals surface area contributed by atoms with Crippen LogP contribution in [0.1, 0.15) is 56.8 Å². The van der Waals surface area contributed by atoms with Gasteiger partial charge in [-0.3, -0.25) is 14.5 Å². The van der Waals surface area contributed by atoms with E-state index in [1.165, 1.54) is 0 Å². The Hall–Kier alpha value is -3.16. The molecule has 2 aromatic rings. The molecule has 4 rings (SSSR count). The number of benzene rings is 2. The fourth-order valence-electron chi connectivity index (χ4n) is 4.78. The summed E-state index contributed by atoms with van der Waals surface area (Å²) in [7, 11) is 0. The standard InChI is InChI=1S/C30H38N2O5/c1-5-18-37-24-12-8-22(9-13-24)27(33)25-26(21-6-10-23(11-7-21)30(2,3)4)32(29(35)28(25)34)15-14-31-16-19-36-20-17-31/h6-13,26,33H,5,14-20H2,1-4H3/b27-25-. The molecule has 1 unspecified atom stereocenters. The van der Waals surface area contributed by atoms with E-state index < -0.39 is 17.7 Å². The highest BCUT2D eigenvalue weighted by Gasteiger charge is 2.46. The van der Waals surface area contributed by atoms with Gasteiger partial charge in [0, 0.05) is 31.7 Å². The van der Waals surface area contributed by atoms with Crippen LogP contribution in [-0.4, -0.2) is 72.6 Å². The molecule has 7 heteroatoms. The number of amides is 1. The Kier molecular flexibility index (Phi) is 8.35. The van der Waals surface area contributed by atoms with Crippen LogP contribution < -0.4 is 4.74 Å². The number of carbonyl (C=O) groups is 2. The third kappa shape index (κ3) is 6.05. The molecule has 2 aliphatic heterocycles. The molecule has 2 aliphatic rings. The Bertz CT molecular complexity index is 1130. The van der Waals surface area contributed by atoms with Gasteiger partial charge >= 0.3 is 0 Å². The van der Waals surface area contributed by atoms with Crippen molar-refractivity contribution in [2.24, 2.45) is 0 Å². The van der Waals surface area contributed by atoms with Gasteiger partial charge in [-0.2, -0.15) is 0 Å². The molecular weight excluding hydrogens is 468 g/mol. The first-order valence-corrected chi connectivity index (χ1v) is 13.1. The summed E-state index contributed by atoms with van der Waals surface area (Å²) >= 11 is 0. The molecule has 2 saturated heterocycles. The van der Waals surface area contributed by atoms with Crippen molar-refractivity contribution in [3.63, 3.8) is 0 Å². The molecule has 1 amide bonds. The summed E-state index contributed by atoms with van der Waals surface area (Å²) in [6.07, 6.45) is 0.892. The Morgan fingerprint density at radius 3 is 2.24 bits per heavy atom. The van der Waals surface area contributed by atoms with Gasteiger partial charge in [-0.1, -0.05) is 52.0 Å². The van der Waals surface area contributed by atoms with Crippen molar-refractivity contribution in [3.05, 3.63) is 70.8 Å². The number of morpholine rings is 1. The molecule has 2 fully saturated rings. The SMILES string of the molecule is CCCOc1ccc(/C(O)=C2/C(=O)C(=O)N(CCN3CCOCC3)C2c2ccc(C(C)(C)C)cc2)cc1. The van der Waals surface area contributed by atoms with Gasteiger partial charge in [-0.15, -0.1) is 0 Å². The molecular formula is C30H38N2O5. The lowest BCUT2D eigenvalue weighted by molar-refractivity contribution is -0.140. The molecule has 1 atom stereocenters. The second-order valence-corrected chi connectivity index (χ2v) is 10.7. The topological polar surface area (TPSA) is 79.3 Å². The first kappa shape index (κ1) is 26.9. The van der Waals surface area contributed by atoms with Crippen LogP contribution in [0.5, 0.6) is 5.75 Å². The maximum atomic E-state index is 13.3. The number of carbonyl (C=O) groups excluding carboxylic acids is 2. The van der Waals surface area contributed by atoms with Crippen LogP contribution in [0.3, 0.4) is 0 Å². The van der Waals surface area contributed by atoms with E-state index in [0.29, 0.717) is 44.2 Å². The van der Waals surface area contributed by atoms with Gasteiger partial charge in [0.1, 0.15) is 11.5 Å². The summed E-state index contributed by atoms with van der Waals surface area (Å²) in [5, 5.41) is 11.3. The minimum absolute atomic E-state index is 0.0295. The number of aliphatic hydroxyl groups excluding tert-OH is 1. The van der Waals surface area contributed by atoms with Crippen LogP contribution in [0, 0.1) is 0 Å². The molecule has 0 bridgehead atoms. The number of hydrogen-bond acceptors (Lipinski definition) is 6. The van der Waals surface area contributed by atoms with Crippen LogP contribution in [-0.2, 0) is 19.7 Å². The number of ketones is 1. The van der Waals surface area contributed by atoms with Crippen LogP contribution in [0.25, 0.3) is 5.76 Å². The van der Waals surface area contributed by atoms with Gasteiger partial charge in [0.2, 0.25) is 0 Å². The number of ether oxygens (including phenoxy) is 2. The molecule has 7 nitrogen and oxygen atoms in total. The third-order valence-corrected chi connectivity index (χ3v) is 6.99. The van der Waals surface area contributed by atoms with Crippen molar-refractivity contribution >= 4 is 17.4 Å². The Morgan fingerprint density at radius 1 is 1.00 bits per heavy atom. The molecule has 37 heavy (non-hydrogen) atoms. The largest absolute Gasteiger partial charge is 0.507 e. The van der Waals surface area contributed by atoms with Gasteiger partial charge in [-0.05, 0) is 47.2 Å². The summed E-state index contributed by atoms with van der Waals surface area (Å²) in [6, 6.07) is 14.3. The zero-order valence-electron chi connectivity index (χ0n) is 22.3. The van der Waals surface area contributed by atoms with E-state index >= 15 is 0 Å². The summed E-state index contributed by atoms with van der Waals surface area (Å²) in [4.78, 5) is 30.4. The second-order valence-electron chi connectivity index (χ2n) is 10.7. The lowest BCUT2D eigenvalue weighted by Gasteiger charge is -2.31. The number of rotatable bonds is 8. The summed E-state index contributed by atoms with van der Waals surface area (Å²) < 4.78 is 11.1. The van der Waals surface area contributed by atoms with Crippen molar-refractivity contribution in [1.82, 2.24) is 9.80 Å². The number of nitrogens with zero attached hydrogens (tertiary/aromatic N) is 2. The van der Waals surface area contributed by atoms with E-state index in [2.05, 4.69) is 25.7 Å². The first-order valence-electron chi connectivity index (χ1n) is 13.1. The normalized spacial score (nSPS) is 20.4. The highest BCUT2D eigenvalue weighted by molar-refractivity contribution is 6.46. The number of Topliss-reactive ketones (excluding diaryl/α,β-unsaturated/α-hetero) is 1. The van der Waals surface area contributed by atoms with Crippen molar-refractivity contribution in [1.29, 1.82) is 0 Å². The second kappa shape index (κ2) is 11.5. The molecule has 198 valence electrons. The molecule has 2 heterocycles. The van der Waals surface area contributed by atoms with Gasteiger partial charge in [0.15, 0.2) is 0 Å². The van der Waals surface area contributed by atoms with E-state index in [4.69, 9.17) is 9.47 Å². The van der Waals surface area contributed by atoms with Gasteiger partial charge in [0.05, 0.1) is 31.4 Å². The molecule has 0 radical (unpaired) electrons. The predicted molar refractivity (Wildman–Crippen MR) is 144 cm³/mol. The van der Waals surface area contributed by atoms with E-state index in [-0.39, 0.29) is 16.7 Å². The predicted octanol–water partition coefficient (Wildman–Crippen LogP) is 4.53. The average Bonchev–Trinajstić information content (AvgIpc) is 3.15. The first-order chi connectivity index (χ1) is 17.7. The summed E-state index contributed by atoms with van der Waals surface area (Å²) in [5.74, 6) is -0.712. The van der Waals surface area contributed by atoms with Crippen LogP contribution >= 0.6 is 0 Å². The lowest BCUT2D eigenvalue weighted by atomic mass is 9.85. The monoisotopic (exact) mass is 506 g/mol. The quantitative estimate of drug-likeness (QED) is 0.322. The third-order valence-electron chi connectivity index (χ3n) is 6.99. The molecule has 0 aliphatic carbocycles. The molecule has 2 aromatic carbocycles. The molecule has 0 saturated carbocycles. The Labute approximate surface area is 219 Å². The highest BCUT2D eigenvalue weighted by atomic mass is 16.5. The maximum Gasteiger partial charge on any atom is 0.295 e. The Morgan fingerprint density at radius 2 is 1.65 bits per heavy atom. The number of hydrogen-bond donors (Lipinski definition) is 1. The fraction of sp³-hybridized carbons (Fsp3) is 0.467. The summed E-state index contributed by atoms with van der Waals surface area (Å²) in [5.41, 5.74) is 2.53. The van der Waals surface area contributed by atoms with Crippen LogP contribution in [0.2, 0.25) is 0 Å². The maximum absolute atomic E-state index is 13.3. The van der Waals surface area contributed by atoms with Crippen LogP contribution in [0.4, 0.5) is 0 Å². The lowest BCUT2D eigenvalue weighted by Crippen LogP contribution is -2.42. The summed E-state index contributed by atoms with van der Waals surface area (Å²) in [6.45, 7) is 13.0.